The van der Waals surface area contributed by atoms with Crippen molar-refractivity contribution in [3.05, 3.63) is 40.8 Å². The average Bonchev–Trinajstić information content (AvgIpc) is 2.93. The van der Waals surface area contributed by atoms with E-state index in [2.05, 4.69) is 4.98 Å². The van der Waals surface area contributed by atoms with Gasteiger partial charge in [-0.25, -0.2) is 4.79 Å². The second-order valence-corrected chi connectivity index (χ2v) is 7.05. The molecule has 132 valence electrons. The van der Waals surface area contributed by atoms with Gasteiger partial charge in [0.25, 0.3) is 0 Å². The zero-order valence-corrected chi connectivity index (χ0v) is 14.5. The molecule has 2 aliphatic rings. The van der Waals surface area contributed by atoms with Gasteiger partial charge in [-0.3, -0.25) is 9.36 Å². The Morgan fingerprint density at radius 2 is 2.12 bits per heavy atom. The first kappa shape index (κ1) is 16.1. The normalized spacial score (nSPS) is 19.6. The Morgan fingerprint density at radius 1 is 1.32 bits per heavy atom. The first-order valence-electron chi connectivity index (χ1n) is 8.82. The summed E-state index contributed by atoms with van der Waals surface area (Å²) < 4.78 is 7.02. The van der Waals surface area contributed by atoms with Crippen LogP contribution in [-0.4, -0.2) is 47.2 Å². The van der Waals surface area contributed by atoms with Gasteiger partial charge < -0.3 is 14.6 Å². The van der Waals surface area contributed by atoms with Crippen LogP contribution in [0.3, 0.4) is 0 Å². The zero-order chi connectivity index (χ0) is 17.4. The largest absolute Gasteiger partial charge is 0.384 e. The maximum Gasteiger partial charge on any atom is 0.330 e. The lowest BCUT2D eigenvalue weighted by Crippen LogP contribution is -2.51. The van der Waals surface area contributed by atoms with E-state index >= 15 is 0 Å². The number of ether oxygens (including phenoxy) is 1. The van der Waals surface area contributed by atoms with Crippen LogP contribution in [0.4, 0.5) is 0 Å². The number of hydrogen-bond donors (Lipinski definition) is 1. The number of carbonyl (C=O) groups excluding carboxylic acids is 1. The highest BCUT2D eigenvalue weighted by atomic mass is 16.5. The van der Waals surface area contributed by atoms with Gasteiger partial charge >= 0.3 is 5.69 Å². The minimum Gasteiger partial charge on any atom is -0.384 e. The molecule has 2 aromatic rings. The third-order valence-electron chi connectivity index (χ3n) is 5.53. The number of methoxy groups -OCH3 is 1. The number of para-hydroxylation sites is 2. The summed E-state index contributed by atoms with van der Waals surface area (Å²) in [6.45, 7) is 1.69. The highest BCUT2D eigenvalue weighted by Crippen LogP contribution is 2.43. The molecular formula is C19H23N3O3. The fourth-order valence-corrected chi connectivity index (χ4v) is 4.02. The summed E-state index contributed by atoms with van der Waals surface area (Å²) in [5, 5.41) is 0. The fourth-order valence-electron chi connectivity index (χ4n) is 4.02. The summed E-state index contributed by atoms with van der Waals surface area (Å²) in [4.78, 5) is 30.0. The molecule has 4 rings (SSSR count). The number of rotatable bonds is 4. The highest BCUT2D eigenvalue weighted by Gasteiger charge is 2.46. The summed E-state index contributed by atoms with van der Waals surface area (Å²) in [7, 11) is 1.66. The number of carbonyl (C=O) groups is 1. The zero-order valence-electron chi connectivity index (χ0n) is 14.5. The molecule has 0 radical (unpaired) electrons. The molecule has 0 unspecified atom stereocenters. The number of aromatic nitrogens is 2. The minimum absolute atomic E-state index is 0.123. The average molecular weight is 341 g/mol. The van der Waals surface area contributed by atoms with Gasteiger partial charge in [0.1, 0.15) is 0 Å². The van der Waals surface area contributed by atoms with Crippen LogP contribution in [-0.2, 0) is 9.53 Å². The molecule has 6 nitrogen and oxygen atoms in total. The van der Waals surface area contributed by atoms with Crippen LogP contribution in [0.5, 0.6) is 0 Å². The number of aromatic amines is 1. The molecule has 1 aromatic carbocycles. The van der Waals surface area contributed by atoms with Crippen LogP contribution in [0, 0.1) is 5.41 Å². The van der Waals surface area contributed by atoms with E-state index in [1.807, 2.05) is 35.2 Å². The standard InChI is InChI=1S/C19H23N3O3/c1-25-13-19(9-4-10-19)17(23)21-11-7-14(8-12-21)22-16-6-3-2-5-15(16)20-18(22)24/h2-3,5-7H,4,8-13H2,1H3,(H,20,24). The van der Waals surface area contributed by atoms with Gasteiger partial charge in [-0.15, -0.1) is 0 Å². The molecule has 25 heavy (non-hydrogen) atoms. The van der Waals surface area contributed by atoms with Crippen molar-refractivity contribution < 1.29 is 9.53 Å². The maximum atomic E-state index is 12.9. The molecule has 0 saturated heterocycles. The molecule has 1 fully saturated rings. The quantitative estimate of drug-likeness (QED) is 0.927. The molecule has 2 heterocycles. The summed E-state index contributed by atoms with van der Waals surface area (Å²) in [6.07, 6.45) is 5.59. The number of benzene rings is 1. The van der Waals surface area contributed by atoms with Gasteiger partial charge in [-0.2, -0.15) is 0 Å². The van der Waals surface area contributed by atoms with E-state index in [1.165, 1.54) is 0 Å². The molecule has 0 bridgehead atoms. The summed E-state index contributed by atoms with van der Waals surface area (Å²) in [5.41, 5.74) is 2.23. The van der Waals surface area contributed by atoms with Gasteiger partial charge in [0.05, 0.1) is 23.1 Å². The first-order valence-corrected chi connectivity index (χ1v) is 8.82. The van der Waals surface area contributed by atoms with Crippen LogP contribution in [0.25, 0.3) is 16.7 Å². The molecule has 1 aliphatic heterocycles. The summed E-state index contributed by atoms with van der Waals surface area (Å²) in [5.74, 6) is 0.196. The van der Waals surface area contributed by atoms with E-state index < -0.39 is 0 Å². The Morgan fingerprint density at radius 3 is 2.76 bits per heavy atom. The smallest absolute Gasteiger partial charge is 0.330 e. The molecule has 0 spiro atoms. The monoisotopic (exact) mass is 341 g/mol. The van der Waals surface area contributed by atoms with Crippen LogP contribution >= 0.6 is 0 Å². The Labute approximate surface area is 146 Å². The van der Waals surface area contributed by atoms with Crippen molar-refractivity contribution in [1.29, 1.82) is 0 Å². The molecule has 0 atom stereocenters. The maximum absolute atomic E-state index is 12.9. The second-order valence-electron chi connectivity index (χ2n) is 7.05. The van der Waals surface area contributed by atoms with Crippen molar-refractivity contribution in [2.45, 2.75) is 25.7 Å². The van der Waals surface area contributed by atoms with Gasteiger partial charge in [0.15, 0.2) is 0 Å². The van der Waals surface area contributed by atoms with Crippen LogP contribution in [0.1, 0.15) is 25.7 Å². The van der Waals surface area contributed by atoms with Gasteiger partial charge in [-0.05, 0) is 31.1 Å². The first-order chi connectivity index (χ1) is 12.1. The second kappa shape index (κ2) is 6.19. The SMILES string of the molecule is COCC1(C(=O)N2CC=C(n3c(=O)[nH]c4ccccc43)CC2)CCC1. The van der Waals surface area contributed by atoms with E-state index in [0.29, 0.717) is 26.1 Å². The summed E-state index contributed by atoms with van der Waals surface area (Å²) >= 11 is 0. The Hall–Kier alpha value is -2.34. The Kier molecular flexibility index (Phi) is 4.00. The number of H-pyrrole nitrogens is 1. The third-order valence-corrected chi connectivity index (χ3v) is 5.53. The van der Waals surface area contributed by atoms with Gasteiger partial charge in [0.2, 0.25) is 5.91 Å². The van der Waals surface area contributed by atoms with Gasteiger partial charge in [-0.1, -0.05) is 18.6 Å². The molecule has 1 aliphatic carbocycles. The molecule has 1 N–H and O–H groups in total. The van der Waals surface area contributed by atoms with Crippen molar-refractivity contribution in [2.75, 3.05) is 26.8 Å². The van der Waals surface area contributed by atoms with E-state index in [1.54, 1.807) is 11.7 Å². The number of imidazole rings is 1. The van der Waals surface area contributed by atoms with Crippen molar-refractivity contribution >= 4 is 22.6 Å². The topological polar surface area (TPSA) is 67.3 Å². The van der Waals surface area contributed by atoms with E-state index in [0.717, 1.165) is 36.0 Å². The van der Waals surface area contributed by atoms with Crippen molar-refractivity contribution in [2.24, 2.45) is 5.41 Å². The lowest BCUT2D eigenvalue weighted by atomic mass is 9.68. The Bertz CT molecular complexity index is 889. The van der Waals surface area contributed by atoms with E-state index in [4.69, 9.17) is 4.74 Å². The number of nitrogens with one attached hydrogen (secondary N) is 1. The predicted octanol–water partition coefficient (Wildman–Crippen LogP) is 2.22. The number of fused-ring (bicyclic) bond motifs is 1. The molecule has 1 aromatic heterocycles. The van der Waals surface area contributed by atoms with E-state index in [9.17, 15) is 9.59 Å². The minimum atomic E-state index is -0.322. The van der Waals surface area contributed by atoms with Crippen molar-refractivity contribution in [3.8, 4) is 0 Å². The molecule has 1 amide bonds. The van der Waals surface area contributed by atoms with Crippen molar-refractivity contribution in [1.82, 2.24) is 14.5 Å². The number of amides is 1. The van der Waals surface area contributed by atoms with Crippen LogP contribution in [0.15, 0.2) is 35.1 Å². The molecule has 6 heteroatoms. The van der Waals surface area contributed by atoms with Gasteiger partial charge in [0, 0.05) is 32.3 Å². The lowest BCUT2D eigenvalue weighted by Gasteiger charge is -2.43. The number of hydrogen-bond acceptors (Lipinski definition) is 3. The van der Waals surface area contributed by atoms with Crippen molar-refractivity contribution in [3.63, 3.8) is 0 Å². The fraction of sp³-hybridized carbons (Fsp3) is 0.474. The molecular weight excluding hydrogens is 318 g/mol. The predicted molar refractivity (Wildman–Crippen MR) is 96.2 cm³/mol. The summed E-state index contributed by atoms with van der Waals surface area (Å²) in [6, 6.07) is 7.67. The highest BCUT2D eigenvalue weighted by molar-refractivity contribution is 5.85. The lowest BCUT2D eigenvalue weighted by molar-refractivity contribution is -0.151. The Balaban J connectivity index is 1.57. The van der Waals surface area contributed by atoms with Crippen LogP contribution < -0.4 is 5.69 Å². The van der Waals surface area contributed by atoms with Crippen LogP contribution in [0.2, 0.25) is 0 Å². The number of nitrogens with zero attached hydrogens (tertiary/aromatic N) is 2. The third kappa shape index (κ3) is 2.61. The van der Waals surface area contributed by atoms with E-state index in [-0.39, 0.29) is 17.0 Å². The molecule has 1 saturated carbocycles.